The minimum absolute atomic E-state index is 0.253. The van der Waals surface area contributed by atoms with Crippen molar-refractivity contribution in [1.29, 1.82) is 0 Å². The first-order chi connectivity index (χ1) is 7.36. The van der Waals surface area contributed by atoms with Crippen molar-refractivity contribution < 1.29 is 14.3 Å². The molecule has 1 aliphatic carbocycles. The molecule has 4 nitrogen and oxygen atoms in total. The lowest BCUT2D eigenvalue weighted by Crippen LogP contribution is -2.41. The van der Waals surface area contributed by atoms with Crippen molar-refractivity contribution in [2.75, 3.05) is 13.1 Å². The second kappa shape index (κ2) is 3.47. The molecule has 0 aromatic heterocycles. The lowest BCUT2D eigenvalue weighted by atomic mass is 9.63. The molecule has 1 amide bonds. The van der Waals surface area contributed by atoms with Crippen molar-refractivity contribution in [3.8, 4) is 0 Å². The largest absolute Gasteiger partial charge is 0.444 e. The van der Waals surface area contributed by atoms with Gasteiger partial charge < -0.3 is 14.4 Å². The van der Waals surface area contributed by atoms with Crippen molar-refractivity contribution in [2.45, 2.75) is 39.2 Å². The van der Waals surface area contributed by atoms with Crippen LogP contribution in [0.25, 0.3) is 0 Å². The Labute approximate surface area is 95.9 Å². The molecule has 0 N–H and O–H groups in total. The predicted molar refractivity (Wildman–Crippen MR) is 59.0 cm³/mol. The molecular weight excluding hydrogens is 206 g/mol. The molecule has 0 aromatic rings. The molecule has 1 heterocycles. The lowest BCUT2D eigenvalue weighted by Gasteiger charge is -2.38. The number of hydrogen-bond donors (Lipinski definition) is 0. The second-order valence-electron chi connectivity index (χ2n) is 5.95. The summed E-state index contributed by atoms with van der Waals surface area (Å²) >= 11 is 0. The molecule has 2 fully saturated rings. The zero-order valence-electron chi connectivity index (χ0n) is 10.2. The van der Waals surface area contributed by atoms with Crippen molar-refractivity contribution in [3.05, 3.63) is 0 Å². The minimum atomic E-state index is -0.465. The SMILES string of the molecule is CC(C)(C)OC(=O)N1C[C@H]2CC[C@@]2(C=O)C1. The third kappa shape index (κ3) is 1.81. The van der Waals surface area contributed by atoms with Crippen LogP contribution in [0.4, 0.5) is 4.79 Å². The van der Waals surface area contributed by atoms with Crippen LogP contribution in [0.15, 0.2) is 0 Å². The Morgan fingerprint density at radius 1 is 1.50 bits per heavy atom. The maximum Gasteiger partial charge on any atom is 0.410 e. The molecule has 0 unspecified atom stereocenters. The van der Waals surface area contributed by atoms with Crippen LogP contribution in [0.3, 0.4) is 0 Å². The molecule has 16 heavy (non-hydrogen) atoms. The molecule has 0 radical (unpaired) electrons. The molecule has 4 heteroatoms. The Morgan fingerprint density at radius 2 is 2.19 bits per heavy atom. The third-order valence-corrected chi connectivity index (χ3v) is 3.58. The van der Waals surface area contributed by atoms with Crippen LogP contribution >= 0.6 is 0 Å². The first-order valence-electron chi connectivity index (χ1n) is 5.81. The summed E-state index contributed by atoms with van der Waals surface area (Å²) in [7, 11) is 0. The van der Waals surface area contributed by atoms with E-state index in [0.29, 0.717) is 19.0 Å². The smallest absolute Gasteiger partial charge is 0.410 e. The number of aldehydes is 1. The van der Waals surface area contributed by atoms with Gasteiger partial charge in [-0.15, -0.1) is 0 Å². The Bertz CT molecular complexity index is 321. The van der Waals surface area contributed by atoms with Gasteiger partial charge in [0.15, 0.2) is 0 Å². The number of likely N-dealkylation sites (tertiary alicyclic amines) is 1. The molecule has 90 valence electrons. The van der Waals surface area contributed by atoms with Gasteiger partial charge in [0, 0.05) is 18.5 Å². The number of hydrogen-bond acceptors (Lipinski definition) is 3. The fourth-order valence-electron chi connectivity index (χ4n) is 2.54. The molecule has 2 rings (SSSR count). The van der Waals surface area contributed by atoms with E-state index in [1.54, 1.807) is 4.90 Å². The Hall–Kier alpha value is -1.06. The van der Waals surface area contributed by atoms with Gasteiger partial charge in [0.25, 0.3) is 0 Å². The number of amides is 1. The van der Waals surface area contributed by atoms with E-state index in [1.165, 1.54) is 0 Å². The highest BCUT2D eigenvalue weighted by Crippen LogP contribution is 2.50. The predicted octanol–water partition coefficient (Wildman–Crippen LogP) is 1.83. The van der Waals surface area contributed by atoms with Crippen molar-refractivity contribution in [2.24, 2.45) is 11.3 Å². The van der Waals surface area contributed by atoms with E-state index >= 15 is 0 Å². The van der Waals surface area contributed by atoms with Crippen LogP contribution in [-0.2, 0) is 9.53 Å². The van der Waals surface area contributed by atoms with Gasteiger partial charge in [0.2, 0.25) is 0 Å². The van der Waals surface area contributed by atoms with Crippen LogP contribution in [0.2, 0.25) is 0 Å². The molecule has 1 aliphatic heterocycles. The van der Waals surface area contributed by atoms with Crippen molar-refractivity contribution in [1.82, 2.24) is 4.90 Å². The van der Waals surface area contributed by atoms with Gasteiger partial charge in [0.1, 0.15) is 11.9 Å². The maximum absolute atomic E-state index is 11.8. The summed E-state index contributed by atoms with van der Waals surface area (Å²) in [5.41, 5.74) is -0.718. The van der Waals surface area contributed by atoms with Gasteiger partial charge in [-0.2, -0.15) is 0 Å². The van der Waals surface area contributed by atoms with Crippen molar-refractivity contribution >= 4 is 12.4 Å². The zero-order valence-corrected chi connectivity index (χ0v) is 10.2. The van der Waals surface area contributed by atoms with Crippen LogP contribution in [-0.4, -0.2) is 36.0 Å². The number of nitrogens with zero attached hydrogens (tertiary/aromatic N) is 1. The molecular formula is C12H19NO3. The molecule has 1 saturated heterocycles. The molecule has 2 aliphatic rings. The second-order valence-corrected chi connectivity index (χ2v) is 5.95. The monoisotopic (exact) mass is 225 g/mol. The summed E-state index contributed by atoms with van der Waals surface area (Å²) in [5.74, 6) is 0.359. The summed E-state index contributed by atoms with van der Waals surface area (Å²) in [4.78, 5) is 24.6. The first kappa shape index (κ1) is 11.4. The number of rotatable bonds is 1. The van der Waals surface area contributed by atoms with E-state index in [4.69, 9.17) is 4.74 Å². The van der Waals surface area contributed by atoms with E-state index in [0.717, 1.165) is 19.1 Å². The van der Waals surface area contributed by atoms with E-state index in [2.05, 4.69) is 0 Å². The lowest BCUT2D eigenvalue weighted by molar-refractivity contribution is -0.122. The Morgan fingerprint density at radius 3 is 2.56 bits per heavy atom. The zero-order chi connectivity index (χ0) is 12.0. The van der Waals surface area contributed by atoms with Crippen LogP contribution < -0.4 is 0 Å². The van der Waals surface area contributed by atoms with E-state index < -0.39 is 5.60 Å². The fourth-order valence-corrected chi connectivity index (χ4v) is 2.54. The van der Waals surface area contributed by atoms with Gasteiger partial charge >= 0.3 is 6.09 Å². The Kier molecular flexibility index (Phi) is 2.48. The highest BCUT2D eigenvalue weighted by Gasteiger charge is 2.54. The van der Waals surface area contributed by atoms with Crippen LogP contribution in [0, 0.1) is 11.3 Å². The summed E-state index contributed by atoms with van der Waals surface area (Å²) in [6.45, 7) is 6.77. The quantitative estimate of drug-likeness (QED) is 0.640. The summed E-state index contributed by atoms with van der Waals surface area (Å²) in [6, 6.07) is 0. The number of carbonyl (C=O) groups excluding carboxylic acids is 2. The van der Waals surface area contributed by atoms with Gasteiger partial charge in [-0.05, 0) is 39.5 Å². The Balaban J connectivity index is 1.98. The van der Waals surface area contributed by atoms with Gasteiger partial charge in [-0.1, -0.05) is 0 Å². The number of fused-ring (bicyclic) bond motifs is 1. The van der Waals surface area contributed by atoms with E-state index in [1.807, 2.05) is 20.8 Å². The molecule has 2 atom stereocenters. The molecule has 0 spiro atoms. The first-order valence-corrected chi connectivity index (χ1v) is 5.81. The average Bonchev–Trinajstić information content (AvgIpc) is 2.37. The van der Waals surface area contributed by atoms with E-state index in [9.17, 15) is 9.59 Å². The molecule has 0 aromatic carbocycles. The van der Waals surface area contributed by atoms with Gasteiger partial charge in [-0.3, -0.25) is 0 Å². The minimum Gasteiger partial charge on any atom is -0.444 e. The van der Waals surface area contributed by atoms with E-state index in [-0.39, 0.29) is 11.5 Å². The summed E-state index contributed by atoms with van der Waals surface area (Å²) < 4.78 is 5.31. The average molecular weight is 225 g/mol. The number of carbonyl (C=O) groups is 2. The summed E-state index contributed by atoms with van der Waals surface area (Å²) in [5, 5.41) is 0. The normalized spacial score (nSPS) is 32.9. The van der Waals surface area contributed by atoms with Crippen LogP contribution in [0.1, 0.15) is 33.6 Å². The van der Waals surface area contributed by atoms with Crippen molar-refractivity contribution in [3.63, 3.8) is 0 Å². The topological polar surface area (TPSA) is 46.6 Å². The highest BCUT2D eigenvalue weighted by molar-refractivity contribution is 5.72. The third-order valence-electron chi connectivity index (χ3n) is 3.58. The molecule has 1 saturated carbocycles. The van der Waals surface area contributed by atoms with Crippen LogP contribution in [0.5, 0.6) is 0 Å². The summed E-state index contributed by atoms with van der Waals surface area (Å²) in [6.07, 6.45) is 2.72. The molecule has 0 bridgehead atoms. The fraction of sp³-hybridized carbons (Fsp3) is 0.833. The maximum atomic E-state index is 11.8. The number of ether oxygens (including phenoxy) is 1. The van der Waals surface area contributed by atoms with Gasteiger partial charge in [-0.25, -0.2) is 4.79 Å². The highest BCUT2D eigenvalue weighted by atomic mass is 16.6. The standard InChI is InChI=1S/C12H19NO3/c1-11(2,3)16-10(15)13-6-9-4-5-12(9,7-13)8-14/h8-9H,4-7H2,1-3H3/t9-,12+/m1/s1. The van der Waals surface area contributed by atoms with Gasteiger partial charge in [0.05, 0.1) is 0 Å².